The van der Waals surface area contributed by atoms with Crippen molar-refractivity contribution < 1.29 is 34.3 Å². The molecule has 0 amide bonds. The minimum absolute atomic E-state index is 0.0171. The van der Waals surface area contributed by atoms with Gasteiger partial charge in [-0.2, -0.15) is 0 Å². The third-order valence-corrected chi connectivity index (χ3v) is 3.22. The van der Waals surface area contributed by atoms with E-state index in [-0.39, 0.29) is 6.61 Å². The second kappa shape index (κ2) is 6.86. The van der Waals surface area contributed by atoms with Crippen LogP contribution in [-0.4, -0.2) is 52.2 Å². The predicted octanol–water partition coefficient (Wildman–Crippen LogP) is 0.167. The van der Waals surface area contributed by atoms with E-state index < -0.39 is 36.9 Å². The van der Waals surface area contributed by atoms with Gasteiger partial charge in [0.05, 0.1) is 6.10 Å². The van der Waals surface area contributed by atoms with Crippen LogP contribution in [0.2, 0.25) is 0 Å². The molecule has 0 bridgehead atoms. The van der Waals surface area contributed by atoms with Gasteiger partial charge in [0, 0.05) is 0 Å². The molecule has 5 atom stereocenters. The van der Waals surface area contributed by atoms with Crippen LogP contribution < -0.4 is 0 Å². The third-order valence-electron chi connectivity index (χ3n) is 3.22. The molecule has 116 valence electrons. The van der Waals surface area contributed by atoms with Crippen LogP contribution in [0.5, 0.6) is 0 Å². The van der Waals surface area contributed by atoms with Crippen LogP contribution in [-0.2, 0) is 20.8 Å². The van der Waals surface area contributed by atoms with E-state index in [0.717, 1.165) is 5.56 Å². The molecular formula is C14H18O7. The van der Waals surface area contributed by atoms with Gasteiger partial charge in [-0.3, -0.25) is 0 Å². The zero-order valence-electron chi connectivity index (χ0n) is 11.5. The maximum absolute atomic E-state index is 11.5. The molecule has 1 aliphatic rings. The topological polar surface area (TPSA) is 105 Å². The molecule has 0 radical (unpaired) electrons. The van der Waals surface area contributed by atoms with Crippen molar-refractivity contribution in [2.75, 3.05) is 0 Å². The summed E-state index contributed by atoms with van der Waals surface area (Å²) in [6.45, 7) is 1.51. The van der Waals surface area contributed by atoms with Crippen LogP contribution in [0.3, 0.4) is 0 Å². The fourth-order valence-electron chi connectivity index (χ4n) is 1.96. The molecular weight excluding hydrogens is 280 g/mol. The van der Waals surface area contributed by atoms with Crippen molar-refractivity contribution in [3.05, 3.63) is 35.9 Å². The largest absolute Gasteiger partial charge is 0.511 e. The van der Waals surface area contributed by atoms with Gasteiger partial charge in [0.15, 0.2) is 0 Å². The predicted molar refractivity (Wildman–Crippen MR) is 70.1 cm³/mol. The Bertz CT molecular complexity index is 464. The molecule has 7 heteroatoms. The zero-order chi connectivity index (χ0) is 15.4. The number of hydrogen-bond donors (Lipinski definition) is 3. The molecule has 21 heavy (non-hydrogen) atoms. The van der Waals surface area contributed by atoms with Gasteiger partial charge in [0.1, 0.15) is 24.9 Å². The van der Waals surface area contributed by atoms with Crippen molar-refractivity contribution in [3.8, 4) is 0 Å². The number of aliphatic hydroxyl groups is 3. The molecule has 2 rings (SSSR count). The molecule has 1 aliphatic heterocycles. The smallest absolute Gasteiger partial charge is 0.429 e. The van der Waals surface area contributed by atoms with E-state index in [2.05, 4.69) is 0 Å². The summed E-state index contributed by atoms with van der Waals surface area (Å²) in [5, 5.41) is 28.8. The van der Waals surface area contributed by atoms with Gasteiger partial charge < -0.3 is 29.5 Å². The maximum atomic E-state index is 11.5. The lowest BCUT2D eigenvalue weighted by atomic mass is 10.0. The van der Waals surface area contributed by atoms with Gasteiger partial charge in [-0.05, 0) is 12.5 Å². The van der Waals surface area contributed by atoms with Gasteiger partial charge in [0.25, 0.3) is 0 Å². The maximum Gasteiger partial charge on any atom is 0.511 e. The molecule has 0 aromatic heterocycles. The number of ether oxygens (including phenoxy) is 3. The lowest BCUT2D eigenvalue weighted by molar-refractivity contribution is -0.280. The van der Waals surface area contributed by atoms with Crippen LogP contribution in [0.1, 0.15) is 12.5 Å². The van der Waals surface area contributed by atoms with Crippen molar-refractivity contribution >= 4 is 6.16 Å². The van der Waals surface area contributed by atoms with Crippen LogP contribution in [0.4, 0.5) is 4.79 Å². The van der Waals surface area contributed by atoms with Crippen molar-refractivity contribution in [2.45, 2.75) is 44.2 Å². The molecule has 0 spiro atoms. The molecule has 1 fully saturated rings. The second-order valence-corrected chi connectivity index (χ2v) is 4.82. The molecule has 3 N–H and O–H groups in total. The van der Waals surface area contributed by atoms with E-state index in [1.54, 1.807) is 24.3 Å². The monoisotopic (exact) mass is 298 g/mol. The number of carbonyl (C=O) groups is 1. The van der Waals surface area contributed by atoms with E-state index in [4.69, 9.17) is 14.2 Å². The zero-order valence-corrected chi connectivity index (χ0v) is 11.5. The van der Waals surface area contributed by atoms with E-state index >= 15 is 0 Å². The Kier molecular flexibility index (Phi) is 5.13. The highest BCUT2D eigenvalue weighted by atomic mass is 16.8. The van der Waals surface area contributed by atoms with Crippen molar-refractivity contribution in [2.24, 2.45) is 0 Å². The Labute approximate surface area is 121 Å². The number of hydrogen-bond acceptors (Lipinski definition) is 7. The molecule has 0 saturated carbocycles. The van der Waals surface area contributed by atoms with E-state index in [9.17, 15) is 20.1 Å². The first-order chi connectivity index (χ1) is 9.99. The van der Waals surface area contributed by atoms with Gasteiger partial charge in [-0.15, -0.1) is 0 Å². The standard InChI is InChI=1S/C14H18O7/c1-8-10(15)11(16)12(17)13(20-8)21-14(18)19-7-9-5-3-2-4-6-9/h2-6,8,10-13,15-17H,7H2,1H3. The summed E-state index contributed by atoms with van der Waals surface area (Å²) in [5.74, 6) is 0. The Hall–Kier alpha value is -1.67. The fraction of sp³-hybridized carbons (Fsp3) is 0.500. The first-order valence-corrected chi connectivity index (χ1v) is 6.56. The highest BCUT2D eigenvalue weighted by Gasteiger charge is 2.44. The first kappa shape index (κ1) is 15.7. The van der Waals surface area contributed by atoms with Gasteiger partial charge >= 0.3 is 6.16 Å². The van der Waals surface area contributed by atoms with Gasteiger partial charge in [-0.25, -0.2) is 4.79 Å². The number of benzene rings is 1. The van der Waals surface area contributed by atoms with Gasteiger partial charge in [-0.1, -0.05) is 30.3 Å². The van der Waals surface area contributed by atoms with Crippen LogP contribution >= 0.6 is 0 Å². The van der Waals surface area contributed by atoms with Crippen molar-refractivity contribution in [1.29, 1.82) is 0 Å². The van der Waals surface area contributed by atoms with Crippen molar-refractivity contribution in [1.82, 2.24) is 0 Å². The first-order valence-electron chi connectivity index (χ1n) is 6.56. The summed E-state index contributed by atoms with van der Waals surface area (Å²) in [6, 6.07) is 9.00. The third kappa shape index (κ3) is 3.92. The molecule has 1 aromatic carbocycles. The molecule has 1 saturated heterocycles. The summed E-state index contributed by atoms with van der Waals surface area (Å²) in [6.07, 6.45) is -7.45. The molecule has 5 unspecified atom stereocenters. The number of carbonyl (C=O) groups excluding carboxylic acids is 1. The molecule has 0 aliphatic carbocycles. The van der Waals surface area contributed by atoms with E-state index in [0.29, 0.717) is 0 Å². The molecule has 7 nitrogen and oxygen atoms in total. The summed E-state index contributed by atoms with van der Waals surface area (Å²) in [4.78, 5) is 11.5. The Morgan fingerprint density at radius 2 is 1.81 bits per heavy atom. The molecule has 1 heterocycles. The summed E-state index contributed by atoms with van der Waals surface area (Å²) in [7, 11) is 0. The van der Waals surface area contributed by atoms with Crippen molar-refractivity contribution in [3.63, 3.8) is 0 Å². The minimum atomic E-state index is -1.54. The van der Waals surface area contributed by atoms with Crippen LogP contribution in [0.25, 0.3) is 0 Å². The highest BCUT2D eigenvalue weighted by molar-refractivity contribution is 5.60. The van der Waals surface area contributed by atoms with E-state index in [1.807, 2.05) is 6.07 Å². The lowest BCUT2D eigenvalue weighted by Crippen LogP contribution is -2.57. The Morgan fingerprint density at radius 1 is 1.14 bits per heavy atom. The Balaban J connectivity index is 1.84. The highest BCUT2D eigenvalue weighted by Crippen LogP contribution is 2.22. The summed E-state index contributed by atoms with van der Waals surface area (Å²) < 4.78 is 14.8. The summed E-state index contributed by atoms with van der Waals surface area (Å²) >= 11 is 0. The normalized spacial score (nSPS) is 32.5. The summed E-state index contributed by atoms with van der Waals surface area (Å²) in [5.41, 5.74) is 0.781. The lowest BCUT2D eigenvalue weighted by Gasteiger charge is -2.38. The Morgan fingerprint density at radius 3 is 2.48 bits per heavy atom. The average Bonchev–Trinajstić information content (AvgIpc) is 2.49. The average molecular weight is 298 g/mol. The van der Waals surface area contributed by atoms with Crippen LogP contribution in [0.15, 0.2) is 30.3 Å². The van der Waals surface area contributed by atoms with Crippen LogP contribution in [0, 0.1) is 0 Å². The fourth-order valence-corrected chi connectivity index (χ4v) is 1.96. The number of rotatable bonds is 3. The number of aliphatic hydroxyl groups excluding tert-OH is 3. The second-order valence-electron chi connectivity index (χ2n) is 4.82. The van der Waals surface area contributed by atoms with Gasteiger partial charge in [0.2, 0.25) is 6.29 Å². The quantitative estimate of drug-likeness (QED) is 0.683. The molecule has 1 aromatic rings. The minimum Gasteiger partial charge on any atom is -0.429 e. The van der Waals surface area contributed by atoms with E-state index in [1.165, 1.54) is 6.92 Å². The SMILES string of the molecule is CC1OC(OC(=O)OCc2ccccc2)C(O)C(O)C1O.